The summed E-state index contributed by atoms with van der Waals surface area (Å²) in [4.78, 5) is 17.2. The van der Waals surface area contributed by atoms with Crippen LogP contribution in [0.2, 0.25) is 5.02 Å². The van der Waals surface area contributed by atoms with E-state index in [1.54, 1.807) is 0 Å². The highest BCUT2D eigenvalue weighted by Crippen LogP contribution is 2.54. The molecule has 5 heteroatoms. The molecule has 0 radical (unpaired) electrons. The van der Waals surface area contributed by atoms with E-state index in [0.29, 0.717) is 5.91 Å². The number of hydrogen-bond donors (Lipinski definition) is 1. The second-order valence-corrected chi connectivity index (χ2v) is 9.25. The van der Waals surface area contributed by atoms with E-state index in [1.165, 1.54) is 17.5 Å². The molecule has 5 rings (SSSR count). The van der Waals surface area contributed by atoms with Gasteiger partial charge in [-0.3, -0.25) is 9.69 Å². The van der Waals surface area contributed by atoms with E-state index in [0.717, 1.165) is 37.5 Å². The van der Waals surface area contributed by atoms with Gasteiger partial charge in [-0.05, 0) is 36.1 Å². The number of rotatable bonds is 5. The Kier molecular flexibility index (Phi) is 4.89. The maximum Gasteiger partial charge on any atom is 0.225 e. The molecule has 0 aromatic heterocycles. The van der Waals surface area contributed by atoms with E-state index >= 15 is 0 Å². The fraction of sp³-hybridized carbons (Fsp3) is 0.458. The van der Waals surface area contributed by atoms with Gasteiger partial charge in [0, 0.05) is 42.5 Å². The van der Waals surface area contributed by atoms with Gasteiger partial charge in [-0.25, -0.2) is 0 Å². The number of carbonyl (C=O) groups excluding carboxylic acids is 1. The first-order valence-electron chi connectivity index (χ1n) is 10.6. The van der Waals surface area contributed by atoms with E-state index < -0.39 is 0 Å². The molecule has 1 spiro atoms. The normalized spacial score (nSPS) is 25.9. The minimum Gasteiger partial charge on any atom is -0.395 e. The molecule has 1 saturated carbocycles. The summed E-state index contributed by atoms with van der Waals surface area (Å²) < 4.78 is 0. The summed E-state index contributed by atoms with van der Waals surface area (Å²) >= 11 is 6.05. The average molecular weight is 411 g/mol. The van der Waals surface area contributed by atoms with E-state index in [-0.39, 0.29) is 30.0 Å². The van der Waals surface area contributed by atoms with E-state index in [2.05, 4.69) is 41.3 Å². The van der Waals surface area contributed by atoms with Gasteiger partial charge in [0.15, 0.2) is 0 Å². The Morgan fingerprint density at radius 3 is 2.34 bits per heavy atom. The largest absolute Gasteiger partial charge is 0.395 e. The lowest BCUT2D eigenvalue weighted by Crippen LogP contribution is -2.84. The average Bonchev–Trinajstić information content (AvgIpc) is 2.64. The van der Waals surface area contributed by atoms with Gasteiger partial charge < -0.3 is 10.0 Å². The van der Waals surface area contributed by atoms with Crippen LogP contribution in [0.3, 0.4) is 0 Å². The third-order valence-electron chi connectivity index (χ3n) is 7.24. The van der Waals surface area contributed by atoms with Crippen LogP contribution in [0, 0.1) is 5.92 Å². The Morgan fingerprint density at radius 1 is 1.07 bits per heavy atom. The van der Waals surface area contributed by atoms with Crippen LogP contribution >= 0.6 is 11.6 Å². The van der Waals surface area contributed by atoms with Gasteiger partial charge in [0.05, 0.1) is 12.1 Å². The molecule has 1 N–H and O–H groups in total. The van der Waals surface area contributed by atoms with Crippen LogP contribution in [-0.2, 0) is 11.3 Å². The molecule has 2 saturated heterocycles. The first-order valence-corrected chi connectivity index (χ1v) is 11.0. The fourth-order valence-corrected chi connectivity index (χ4v) is 5.61. The number of halogens is 1. The van der Waals surface area contributed by atoms with Crippen molar-refractivity contribution in [3.05, 3.63) is 70.7 Å². The molecule has 2 aliphatic heterocycles. The number of likely N-dealkylation sites (tertiary alicyclic amines) is 2. The molecule has 4 nitrogen and oxygen atoms in total. The van der Waals surface area contributed by atoms with Crippen molar-refractivity contribution in [3.8, 4) is 0 Å². The van der Waals surface area contributed by atoms with Gasteiger partial charge in [-0.15, -0.1) is 0 Å². The minimum atomic E-state index is -0.0895. The summed E-state index contributed by atoms with van der Waals surface area (Å²) in [6.07, 6.45) is 3.26. The zero-order valence-corrected chi connectivity index (χ0v) is 17.3. The van der Waals surface area contributed by atoms with Crippen LogP contribution in [0.5, 0.6) is 0 Å². The van der Waals surface area contributed by atoms with Crippen molar-refractivity contribution in [2.24, 2.45) is 5.92 Å². The predicted octanol–water partition coefficient (Wildman–Crippen LogP) is 3.68. The van der Waals surface area contributed by atoms with E-state index in [9.17, 15) is 9.90 Å². The van der Waals surface area contributed by atoms with Crippen LogP contribution in [-0.4, -0.2) is 52.1 Å². The predicted molar refractivity (Wildman–Crippen MR) is 114 cm³/mol. The third kappa shape index (κ3) is 3.09. The van der Waals surface area contributed by atoms with Gasteiger partial charge in [-0.1, -0.05) is 60.5 Å². The highest BCUT2D eigenvalue weighted by molar-refractivity contribution is 6.30. The van der Waals surface area contributed by atoms with Gasteiger partial charge in [0.1, 0.15) is 0 Å². The number of nitrogens with zero attached hydrogens (tertiary/aromatic N) is 2. The fourth-order valence-electron chi connectivity index (χ4n) is 5.49. The Balaban J connectivity index is 1.41. The molecule has 2 atom stereocenters. The molecular formula is C24H27ClN2O2. The maximum absolute atomic E-state index is 12.8. The minimum absolute atomic E-state index is 0.0639. The first kappa shape index (κ1) is 19.1. The lowest BCUT2D eigenvalue weighted by Gasteiger charge is -2.71. The smallest absolute Gasteiger partial charge is 0.225 e. The number of hydrogen-bond acceptors (Lipinski definition) is 3. The molecule has 2 heterocycles. The number of aliphatic hydroxyl groups excluding tert-OH is 1. The monoisotopic (exact) mass is 410 g/mol. The van der Waals surface area contributed by atoms with Crippen molar-refractivity contribution in [1.29, 1.82) is 0 Å². The van der Waals surface area contributed by atoms with E-state index in [4.69, 9.17) is 11.6 Å². The standard InChI is InChI=1S/C24H27ClN2O2/c25-20-11-9-17(10-12-20)13-27-21(14-28)22(18-5-2-1-3-6-18)24(27)15-26(16-24)23(29)19-7-4-8-19/h1-3,5-6,9-12,19,21-22,28H,4,7-8,13-16H2/t21-,22+/m1/s1. The number of carbonyl (C=O) groups is 1. The Morgan fingerprint density at radius 2 is 1.76 bits per heavy atom. The Bertz CT molecular complexity index is 876. The third-order valence-corrected chi connectivity index (χ3v) is 7.50. The lowest BCUT2D eigenvalue weighted by atomic mass is 9.60. The van der Waals surface area contributed by atoms with E-state index in [1.807, 2.05) is 23.1 Å². The summed E-state index contributed by atoms with van der Waals surface area (Å²) in [7, 11) is 0. The van der Waals surface area contributed by atoms with Crippen molar-refractivity contribution in [3.63, 3.8) is 0 Å². The highest BCUT2D eigenvalue weighted by Gasteiger charge is 2.66. The summed E-state index contributed by atoms with van der Waals surface area (Å²) in [6, 6.07) is 18.5. The Labute approximate surface area is 177 Å². The zero-order valence-electron chi connectivity index (χ0n) is 16.5. The molecule has 1 aliphatic carbocycles. The van der Waals surface area contributed by atoms with Gasteiger partial charge in [0.25, 0.3) is 0 Å². The number of amides is 1. The van der Waals surface area contributed by atoms with Crippen molar-refractivity contribution >= 4 is 17.5 Å². The van der Waals surface area contributed by atoms with Crippen LogP contribution in [0.15, 0.2) is 54.6 Å². The molecule has 2 aromatic carbocycles. The van der Waals surface area contributed by atoms with Gasteiger partial charge in [0.2, 0.25) is 5.91 Å². The second kappa shape index (κ2) is 7.42. The summed E-state index contributed by atoms with van der Waals surface area (Å²) in [5.41, 5.74) is 2.35. The molecule has 0 unspecified atom stereocenters. The maximum atomic E-state index is 12.8. The number of benzene rings is 2. The van der Waals surface area contributed by atoms with Crippen molar-refractivity contribution < 1.29 is 9.90 Å². The highest BCUT2D eigenvalue weighted by atomic mass is 35.5. The van der Waals surface area contributed by atoms with Crippen LogP contribution < -0.4 is 0 Å². The summed E-state index contributed by atoms with van der Waals surface area (Å²) in [5, 5.41) is 11.0. The molecular weight excluding hydrogens is 384 g/mol. The molecule has 1 amide bonds. The lowest BCUT2D eigenvalue weighted by molar-refractivity contribution is -0.203. The molecule has 29 heavy (non-hydrogen) atoms. The summed E-state index contributed by atoms with van der Waals surface area (Å²) in [6.45, 7) is 2.39. The van der Waals surface area contributed by atoms with Gasteiger partial charge in [-0.2, -0.15) is 0 Å². The first-order chi connectivity index (χ1) is 14.1. The van der Waals surface area contributed by atoms with Crippen LogP contribution in [0.1, 0.15) is 36.3 Å². The molecule has 3 aliphatic rings. The van der Waals surface area contributed by atoms with Crippen LogP contribution in [0.25, 0.3) is 0 Å². The SMILES string of the molecule is O=C(C1CCC1)N1CC2(C1)[C@@H](c1ccccc1)[C@@H](CO)N2Cc1ccc(Cl)cc1. The van der Waals surface area contributed by atoms with Crippen molar-refractivity contribution in [2.45, 2.75) is 43.3 Å². The molecule has 0 bridgehead atoms. The molecule has 2 aromatic rings. The number of aliphatic hydroxyl groups is 1. The van der Waals surface area contributed by atoms with Gasteiger partial charge >= 0.3 is 0 Å². The van der Waals surface area contributed by atoms with Crippen LogP contribution in [0.4, 0.5) is 0 Å². The van der Waals surface area contributed by atoms with Crippen molar-refractivity contribution in [2.75, 3.05) is 19.7 Å². The Hall–Kier alpha value is -1.88. The van der Waals surface area contributed by atoms with Crippen molar-refractivity contribution in [1.82, 2.24) is 9.80 Å². The second-order valence-electron chi connectivity index (χ2n) is 8.82. The zero-order chi connectivity index (χ0) is 20.0. The quantitative estimate of drug-likeness (QED) is 0.817. The molecule has 152 valence electrons. The summed E-state index contributed by atoms with van der Waals surface area (Å²) in [5.74, 6) is 0.806. The molecule has 3 fully saturated rings. The topological polar surface area (TPSA) is 43.8 Å².